The number of hydrogen-bond acceptors (Lipinski definition) is 4. The molecule has 32 heavy (non-hydrogen) atoms. The molecule has 0 aliphatic carbocycles. The third-order valence-corrected chi connectivity index (χ3v) is 4.98. The molecule has 0 bridgehead atoms. The van der Waals surface area contributed by atoms with E-state index >= 15 is 0 Å². The summed E-state index contributed by atoms with van der Waals surface area (Å²) in [4.78, 5) is 4.11. The van der Waals surface area contributed by atoms with Crippen LogP contribution in [0.3, 0.4) is 0 Å². The normalized spacial score (nSPS) is 12.8. The highest BCUT2D eigenvalue weighted by molar-refractivity contribution is 5.47. The number of pyridine rings is 1. The number of nitrogens with zero attached hydrogens (tertiary/aromatic N) is 1. The largest absolute Gasteiger partial charge is 0.431 e. The van der Waals surface area contributed by atoms with Gasteiger partial charge in [0.05, 0.1) is 5.60 Å². The molecule has 0 saturated carbocycles. The van der Waals surface area contributed by atoms with Crippen LogP contribution in [0.15, 0.2) is 67.0 Å². The molecule has 0 aliphatic rings. The van der Waals surface area contributed by atoms with Crippen LogP contribution in [0.2, 0.25) is 0 Å². The smallest absolute Gasteiger partial charge is 0.387 e. The molecule has 0 aliphatic heterocycles. The van der Waals surface area contributed by atoms with E-state index in [1.165, 1.54) is 12.1 Å². The zero-order valence-corrected chi connectivity index (χ0v) is 17.5. The first-order valence-corrected chi connectivity index (χ1v) is 9.89. The lowest BCUT2D eigenvalue weighted by Gasteiger charge is -2.22. The first-order chi connectivity index (χ1) is 15.1. The van der Waals surface area contributed by atoms with Crippen molar-refractivity contribution < 1.29 is 32.1 Å². The molecule has 3 aromatic rings. The Morgan fingerprint density at radius 2 is 1.50 bits per heavy atom. The van der Waals surface area contributed by atoms with Gasteiger partial charge in [-0.15, -0.1) is 0 Å². The van der Waals surface area contributed by atoms with E-state index in [1.807, 2.05) is 18.2 Å². The van der Waals surface area contributed by atoms with Gasteiger partial charge in [-0.1, -0.05) is 36.4 Å². The molecule has 0 fully saturated rings. The topological polar surface area (TPSA) is 51.6 Å². The van der Waals surface area contributed by atoms with E-state index in [1.54, 1.807) is 50.5 Å². The van der Waals surface area contributed by atoms with Gasteiger partial charge in [0.15, 0.2) is 11.5 Å². The van der Waals surface area contributed by atoms with Crippen molar-refractivity contribution in [3.05, 3.63) is 89.2 Å². The van der Waals surface area contributed by atoms with E-state index in [9.17, 15) is 22.7 Å². The standard InChI is InChI=1S/C24H23F4NO3/c1-24(2,30)18-8-5-16(6-9-18)19(12-15-4-3-11-29-14-15)17-7-10-20(31-22(25)26)21(13-17)32-23(27)28/h3-11,13-14,19,22-23,30H,12H2,1-2H3. The lowest BCUT2D eigenvalue weighted by Crippen LogP contribution is -2.15. The van der Waals surface area contributed by atoms with Crippen molar-refractivity contribution in [3.63, 3.8) is 0 Å². The lowest BCUT2D eigenvalue weighted by molar-refractivity contribution is -0.0692. The minimum absolute atomic E-state index is 0.323. The van der Waals surface area contributed by atoms with Gasteiger partial charge in [-0.05, 0) is 60.7 Å². The highest BCUT2D eigenvalue weighted by Gasteiger charge is 2.22. The summed E-state index contributed by atoms with van der Waals surface area (Å²) in [5.74, 6) is -1.26. The molecule has 1 unspecified atom stereocenters. The van der Waals surface area contributed by atoms with Crippen LogP contribution in [0.1, 0.15) is 42.0 Å². The van der Waals surface area contributed by atoms with E-state index in [2.05, 4.69) is 14.5 Å². The molecule has 2 aromatic carbocycles. The Balaban J connectivity index is 2.04. The molecule has 3 rings (SSSR count). The van der Waals surface area contributed by atoms with E-state index in [-0.39, 0.29) is 5.92 Å². The number of benzene rings is 2. The Hall–Kier alpha value is -3.13. The van der Waals surface area contributed by atoms with Crippen molar-refractivity contribution in [2.24, 2.45) is 0 Å². The van der Waals surface area contributed by atoms with Crippen molar-refractivity contribution in [1.29, 1.82) is 0 Å². The monoisotopic (exact) mass is 449 g/mol. The molecule has 1 aromatic heterocycles. The SMILES string of the molecule is CC(C)(O)c1ccc(C(Cc2cccnc2)c2ccc(OC(F)F)c(OC(F)F)c2)cc1. The lowest BCUT2D eigenvalue weighted by atomic mass is 9.85. The van der Waals surface area contributed by atoms with Crippen molar-refractivity contribution in [1.82, 2.24) is 4.98 Å². The maximum absolute atomic E-state index is 12.9. The fourth-order valence-corrected chi connectivity index (χ4v) is 3.43. The molecular formula is C24H23F4NO3. The third-order valence-electron chi connectivity index (χ3n) is 4.98. The summed E-state index contributed by atoms with van der Waals surface area (Å²) in [6, 6.07) is 14.9. The van der Waals surface area contributed by atoms with Crippen LogP contribution in [-0.4, -0.2) is 23.3 Å². The van der Waals surface area contributed by atoms with Gasteiger partial charge in [-0.3, -0.25) is 4.98 Å². The molecule has 4 nitrogen and oxygen atoms in total. The fourth-order valence-electron chi connectivity index (χ4n) is 3.43. The average molecular weight is 449 g/mol. The summed E-state index contributed by atoms with van der Waals surface area (Å²) in [6.07, 6.45) is 3.81. The Morgan fingerprint density at radius 1 is 0.875 bits per heavy atom. The fraction of sp³-hybridized carbons (Fsp3) is 0.292. The highest BCUT2D eigenvalue weighted by atomic mass is 19.3. The summed E-state index contributed by atoms with van der Waals surface area (Å²) in [6.45, 7) is -3.04. The van der Waals surface area contributed by atoms with Gasteiger partial charge >= 0.3 is 13.2 Å². The Labute approximate surface area is 183 Å². The Kier molecular flexibility index (Phi) is 7.35. The molecule has 1 heterocycles. The van der Waals surface area contributed by atoms with E-state index in [0.717, 1.165) is 11.1 Å². The maximum Gasteiger partial charge on any atom is 0.387 e. The van der Waals surface area contributed by atoms with Crippen LogP contribution >= 0.6 is 0 Å². The second-order valence-electron chi connectivity index (χ2n) is 7.76. The number of alkyl halides is 4. The summed E-state index contributed by atoms with van der Waals surface area (Å²) < 4.78 is 60.0. The molecule has 170 valence electrons. The number of aliphatic hydroxyl groups is 1. The molecule has 0 saturated heterocycles. The van der Waals surface area contributed by atoms with Gasteiger partial charge in [0.2, 0.25) is 0 Å². The zero-order valence-electron chi connectivity index (χ0n) is 17.5. The molecule has 0 radical (unpaired) electrons. The second-order valence-corrected chi connectivity index (χ2v) is 7.76. The maximum atomic E-state index is 12.9. The molecular weight excluding hydrogens is 426 g/mol. The van der Waals surface area contributed by atoms with E-state index < -0.39 is 30.3 Å². The first kappa shape index (κ1) is 23.5. The number of rotatable bonds is 9. The number of ether oxygens (including phenoxy) is 2. The van der Waals surface area contributed by atoms with Crippen molar-refractivity contribution in [3.8, 4) is 11.5 Å². The molecule has 0 spiro atoms. The predicted octanol–water partition coefficient (Wildman–Crippen LogP) is 5.89. The third kappa shape index (κ3) is 6.20. The minimum Gasteiger partial charge on any atom is -0.431 e. The zero-order chi connectivity index (χ0) is 23.3. The van der Waals surface area contributed by atoms with Gasteiger partial charge in [-0.25, -0.2) is 0 Å². The molecule has 8 heteroatoms. The quantitative estimate of drug-likeness (QED) is 0.414. The van der Waals surface area contributed by atoms with Gasteiger partial charge in [-0.2, -0.15) is 17.6 Å². The number of halogens is 4. The van der Waals surface area contributed by atoms with Crippen LogP contribution in [0.25, 0.3) is 0 Å². The van der Waals surface area contributed by atoms with Gasteiger partial charge in [0.25, 0.3) is 0 Å². The Morgan fingerprint density at radius 3 is 2.06 bits per heavy atom. The van der Waals surface area contributed by atoms with Crippen molar-refractivity contribution in [2.75, 3.05) is 0 Å². The van der Waals surface area contributed by atoms with Crippen molar-refractivity contribution >= 4 is 0 Å². The first-order valence-electron chi connectivity index (χ1n) is 9.89. The molecule has 1 atom stereocenters. The Bertz CT molecular complexity index is 1010. The highest BCUT2D eigenvalue weighted by Crippen LogP contribution is 2.37. The van der Waals surface area contributed by atoms with Gasteiger partial charge in [0.1, 0.15) is 0 Å². The van der Waals surface area contributed by atoms with Crippen LogP contribution < -0.4 is 9.47 Å². The predicted molar refractivity (Wildman–Crippen MR) is 111 cm³/mol. The average Bonchev–Trinajstić information content (AvgIpc) is 2.73. The van der Waals surface area contributed by atoms with Crippen LogP contribution in [-0.2, 0) is 12.0 Å². The number of aromatic nitrogens is 1. The van der Waals surface area contributed by atoms with Crippen LogP contribution in [0.5, 0.6) is 11.5 Å². The van der Waals surface area contributed by atoms with E-state index in [4.69, 9.17) is 0 Å². The molecule has 1 N–H and O–H groups in total. The summed E-state index contributed by atoms with van der Waals surface area (Å²) in [7, 11) is 0. The van der Waals surface area contributed by atoms with Crippen LogP contribution in [0.4, 0.5) is 17.6 Å². The molecule has 0 amide bonds. The van der Waals surface area contributed by atoms with Gasteiger partial charge in [0, 0.05) is 18.3 Å². The summed E-state index contributed by atoms with van der Waals surface area (Å²) in [5.41, 5.74) is 2.00. The van der Waals surface area contributed by atoms with E-state index in [0.29, 0.717) is 17.5 Å². The summed E-state index contributed by atoms with van der Waals surface area (Å²) >= 11 is 0. The minimum atomic E-state index is -3.20. The van der Waals surface area contributed by atoms with Crippen LogP contribution in [0, 0.1) is 0 Å². The number of hydrogen-bond donors (Lipinski definition) is 1. The second kappa shape index (κ2) is 9.99. The van der Waals surface area contributed by atoms with Crippen molar-refractivity contribution in [2.45, 2.75) is 45.0 Å². The summed E-state index contributed by atoms with van der Waals surface area (Å²) in [5, 5.41) is 10.2. The van der Waals surface area contributed by atoms with Gasteiger partial charge < -0.3 is 14.6 Å².